The number of benzene rings is 1. The van der Waals surface area contributed by atoms with Gasteiger partial charge >= 0.3 is 0 Å². The molecule has 0 bridgehead atoms. The van der Waals surface area contributed by atoms with Crippen molar-refractivity contribution < 1.29 is 4.74 Å². The second kappa shape index (κ2) is 7.74. The van der Waals surface area contributed by atoms with E-state index in [0.717, 1.165) is 68.5 Å². The van der Waals surface area contributed by atoms with Crippen LogP contribution in [-0.2, 0) is 11.2 Å². The van der Waals surface area contributed by atoms with Gasteiger partial charge in [0.15, 0.2) is 0 Å². The monoisotopic (exact) mass is 396 g/mol. The van der Waals surface area contributed by atoms with Gasteiger partial charge in [0, 0.05) is 54.1 Å². The van der Waals surface area contributed by atoms with Crippen molar-refractivity contribution in [2.45, 2.75) is 25.3 Å². The summed E-state index contributed by atoms with van der Waals surface area (Å²) in [5.41, 5.74) is 4.93. The maximum Gasteiger partial charge on any atom is 0.128 e. The molecule has 0 aliphatic carbocycles. The molecule has 1 aromatic carbocycles. The van der Waals surface area contributed by atoms with E-state index < -0.39 is 0 Å². The number of nitrogens with one attached hydrogen (secondary N) is 2. The SMILES string of the molecule is Clc1ccc2[nH]c3c(c2c1)CCN[C@H]3c1ccc(N2CCCCOCC2)nc1. The van der Waals surface area contributed by atoms with E-state index in [1.165, 1.54) is 22.2 Å². The smallest absolute Gasteiger partial charge is 0.128 e. The number of anilines is 1. The van der Waals surface area contributed by atoms with Crippen molar-refractivity contribution in [3.8, 4) is 0 Å². The van der Waals surface area contributed by atoms with Crippen molar-refractivity contribution in [1.82, 2.24) is 15.3 Å². The minimum Gasteiger partial charge on any atom is -0.380 e. The predicted octanol–water partition coefficient (Wildman–Crippen LogP) is 4.07. The molecular weight excluding hydrogens is 372 g/mol. The fraction of sp³-hybridized carbons (Fsp3) is 0.409. The van der Waals surface area contributed by atoms with Crippen LogP contribution in [0.25, 0.3) is 10.9 Å². The van der Waals surface area contributed by atoms with E-state index in [2.05, 4.69) is 39.5 Å². The second-order valence-electron chi connectivity index (χ2n) is 7.60. The van der Waals surface area contributed by atoms with Crippen molar-refractivity contribution in [3.63, 3.8) is 0 Å². The van der Waals surface area contributed by atoms with Crippen molar-refractivity contribution in [2.24, 2.45) is 0 Å². The molecule has 2 aliphatic rings. The average Bonchev–Trinajstić information content (AvgIpc) is 3.06. The van der Waals surface area contributed by atoms with Gasteiger partial charge in [-0.3, -0.25) is 0 Å². The molecule has 0 spiro atoms. The van der Waals surface area contributed by atoms with Crippen LogP contribution in [0.5, 0.6) is 0 Å². The number of halogens is 1. The van der Waals surface area contributed by atoms with Crippen LogP contribution in [0, 0.1) is 0 Å². The molecule has 0 unspecified atom stereocenters. The Balaban J connectivity index is 1.43. The van der Waals surface area contributed by atoms with Crippen LogP contribution < -0.4 is 10.2 Å². The second-order valence-corrected chi connectivity index (χ2v) is 8.04. The fourth-order valence-corrected chi connectivity index (χ4v) is 4.54. The van der Waals surface area contributed by atoms with E-state index in [4.69, 9.17) is 21.3 Å². The molecule has 5 nitrogen and oxygen atoms in total. The number of ether oxygens (including phenoxy) is 1. The normalized spacial score (nSPS) is 20.6. The highest BCUT2D eigenvalue weighted by atomic mass is 35.5. The van der Waals surface area contributed by atoms with Crippen LogP contribution >= 0.6 is 11.6 Å². The minimum atomic E-state index is 0.132. The first-order chi connectivity index (χ1) is 13.8. The number of H-pyrrole nitrogens is 1. The summed E-state index contributed by atoms with van der Waals surface area (Å²) in [6.45, 7) is 4.55. The zero-order valence-electron chi connectivity index (χ0n) is 15.9. The van der Waals surface area contributed by atoms with E-state index in [9.17, 15) is 0 Å². The predicted molar refractivity (Wildman–Crippen MR) is 113 cm³/mol. The van der Waals surface area contributed by atoms with Crippen LogP contribution in [0.1, 0.15) is 35.7 Å². The maximum atomic E-state index is 6.23. The Morgan fingerprint density at radius 1 is 1.11 bits per heavy atom. The average molecular weight is 397 g/mol. The van der Waals surface area contributed by atoms with Crippen LogP contribution in [0.15, 0.2) is 36.5 Å². The van der Waals surface area contributed by atoms with Gasteiger partial charge in [-0.1, -0.05) is 17.7 Å². The molecule has 146 valence electrons. The molecular formula is C22H25ClN4O. The van der Waals surface area contributed by atoms with E-state index in [0.29, 0.717) is 0 Å². The summed E-state index contributed by atoms with van der Waals surface area (Å²) in [6.07, 6.45) is 5.29. The first-order valence-corrected chi connectivity index (χ1v) is 10.5. The molecule has 1 fully saturated rings. The molecule has 0 amide bonds. The van der Waals surface area contributed by atoms with Crippen LogP contribution in [0.2, 0.25) is 5.02 Å². The highest BCUT2D eigenvalue weighted by molar-refractivity contribution is 6.31. The molecule has 6 heteroatoms. The number of aromatic nitrogens is 2. The summed E-state index contributed by atoms with van der Waals surface area (Å²) >= 11 is 6.23. The molecule has 2 aliphatic heterocycles. The summed E-state index contributed by atoms with van der Waals surface area (Å²) in [6, 6.07) is 10.6. The van der Waals surface area contributed by atoms with Crippen molar-refractivity contribution in [3.05, 3.63) is 58.4 Å². The number of hydrogen-bond donors (Lipinski definition) is 2. The van der Waals surface area contributed by atoms with Gasteiger partial charge in [-0.05, 0) is 54.7 Å². The number of rotatable bonds is 2. The Hall–Kier alpha value is -2.08. The Bertz CT molecular complexity index is 961. The van der Waals surface area contributed by atoms with Gasteiger partial charge in [0.1, 0.15) is 5.82 Å². The summed E-state index contributed by atoms with van der Waals surface area (Å²) in [5, 5.41) is 5.67. The molecule has 28 heavy (non-hydrogen) atoms. The van der Waals surface area contributed by atoms with Crippen molar-refractivity contribution in [1.29, 1.82) is 0 Å². The van der Waals surface area contributed by atoms with Crippen molar-refractivity contribution >= 4 is 28.3 Å². The maximum absolute atomic E-state index is 6.23. The van der Waals surface area contributed by atoms with E-state index >= 15 is 0 Å². The number of nitrogens with zero attached hydrogens (tertiary/aromatic N) is 2. The summed E-state index contributed by atoms with van der Waals surface area (Å²) in [4.78, 5) is 10.7. The third-order valence-corrected chi connectivity index (χ3v) is 6.05. The standard InChI is InChI=1S/C22H25ClN4O/c23-16-4-5-19-18(13-16)17-7-8-24-21(22(17)26-19)15-3-6-20(25-14-15)27-9-1-2-11-28-12-10-27/h3-6,13-14,21,24,26H,1-2,7-12H2/t21-/m0/s1. The molecule has 0 saturated carbocycles. The first kappa shape index (κ1) is 18.0. The van der Waals surface area contributed by atoms with E-state index in [-0.39, 0.29) is 6.04 Å². The third kappa shape index (κ3) is 3.39. The Morgan fingerprint density at radius 2 is 2.07 bits per heavy atom. The molecule has 1 atom stereocenters. The highest BCUT2D eigenvalue weighted by Gasteiger charge is 2.25. The highest BCUT2D eigenvalue weighted by Crippen LogP contribution is 2.34. The quantitative estimate of drug-likeness (QED) is 0.685. The molecule has 5 rings (SSSR count). The van der Waals surface area contributed by atoms with E-state index in [1.807, 2.05) is 12.3 Å². The van der Waals surface area contributed by atoms with Gasteiger partial charge < -0.3 is 19.9 Å². The number of pyridine rings is 1. The molecule has 1 saturated heterocycles. The van der Waals surface area contributed by atoms with Gasteiger partial charge in [0.2, 0.25) is 0 Å². The van der Waals surface area contributed by atoms with Crippen molar-refractivity contribution in [2.75, 3.05) is 37.7 Å². The van der Waals surface area contributed by atoms with Gasteiger partial charge in [-0.2, -0.15) is 0 Å². The molecule has 0 radical (unpaired) electrons. The molecule has 2 aromatic heterocycles. The first-order valence-electron chi connectivity index (χ1n) is 10.1. The zero-order chi connectivity index (χ0) is 18.9. The summed E-state index contributed by atoms with van der Waals surface area (Å²) < 4.78 is 5.63. The Kier molecular flexibility index (Phi) is 4.97. The Labute approximate surface area is 170 Å². The number of aromatic amines is 1. The van der Waals surface area contributed by atoms with Gasteiger partial charge in [-0.15, -0.1) is 0 Å². The Morgan fingerprint density at radius 3 is 2.96 bits per heavy atom. The number of fused-ring (bicyclic) bond motifs is 3. The topological polar surface area (TPSA) is 53.2 Å². The lowest BCUT2D eigenvalue weighted by molar-refractivity contribution is 0.129. The van der Waals surface area contributed by atoms with E-state index in [1.54, 1.807) is 0 Å². The molecule has 3 aromatic rings. The fourth-order valence-electron chi connectivity index (χ4n) is 4.36. The molecule has 2 N–H and O–H groups in total. The van der Waals surface area contributed by atoms with Crippen LogP contribution in [0.3, 0.4) is 0 Å². The minimum absolute atomic E-state index is 0.132. The van der Waals surface area contributed by atoms with Gasteiger partial charge in [0.05, 0.1) is 12.6 Å². The van der Waals surface area contributed by atoms with Crippen LogP contribution in [0.4, 0.5) is 5.82 Å². The van der Waals surface area contributed by atoms with Gasteiger partial charge in [0.25, 0.3) is 0 Å². The van der Waals surface area contributed by atoms with Crippen LogP contribution in [-0.4, -0.2) is 42.8 Å². The largest absolute Gasteiger partial charge is 0.380 e. The molecule has 4 heterocycles. The summed E-state index contributed by atoms with van der Waals surface area (Å²) in [5.74, 6) is 1.04. The number of hydrogen-bond acceptors (Lipinski definition) is 4. The lowest BCUT2D eigenvalue weighted by Crippen LogP contribution is -2.32. The third-order valence-electron chi connectivity index (χ3n) is 5.81. The lowest BCUT2D eigenvalue weighted by Gasteiger charge is -2.27. The summed E-state index contributed by atoms with van der Waals surface area (Å²) in [7, 11) is 0. The lowest BCUT2D eigenvalue weighted by atomic mass is 9.95. The zero-order valence-corrected chi connectivity index (χ0v) is 16.6. The van der Waals surface area contributed by atoms with Gasteiger partial charge in [-0.25, -0.2) is 4.98 Å².